The van der Waals surface area contributed by atoms with E-state index in [4.69, 9.17) is 9.84 Å². The molecule has 1 aliphatic rings. The van der Waals surface area contributed by atoms with E-state index < -0.39 is 12.1 Å². The van der Waals surface area contributed by atoms with Crippen molar-refractivity contribution in [1.29, 1.82) is 0 Å². The molecule has 0 aliphatic carbocycles. The molecular weight excluding hydrogens is 356 g/mol. The zero-order valence-corrected chi connectivity index (χ0v) is 14.7. The molecule has 2 heterocycles. The van der Waals surface area contributed by atoms with Crippen LogP contribution in [0, 0.1) is 0 Å². The van der Waals surface area contributed by atoms with Gasteiger partial charge in [0.05, 0.1) is 4.88 Å². The Bertz CT molecular complexity index is 826. The number of amides is 2. The summed E-state index contributed by atoms with van der Waals surface area (Å²) < 4.78 is 5.35. The maximum Gasteiger partial charge on any atom is 0.345 e. The Labute approximate surface area is 154 Å². The Morgan fingerprint density at radius 1 is 1.19 bits per heavy atom. The third-order valence-electron chi connectivity index (χ3n) is 3.91. The normalized spacial score (nSPS) is 16.2. The summed E-state index contributed by atoms with van der Waals surface area (Å²) in [4.78, 5) is 35.5. The lowest BCUT2D eigenvalue weighted by atomic mass is 10.2. The fraction of sp³-hybridized carbons (Fsp3) is 0.278. The first kappa shape index (κ1) is 18.1. The number of carbonyl (C=O) groups excluding carboxylic acids is 2. The van der Waals surface area contributed by atoms with Crippen LogP contribution in [-0.4, -0.2) is 35.6 Å². The Morgan fingerprint density at radius 2 is 2.00 bits per heavy atom. The van der Waals surface area contributed by atoms with Crippen molar-refractivity contribution in [3.05, 3.63) is 51.7 Å². The molecule has 2 amide bonds. The lowest BCUT2D eigenvalue weighted by Crippen LogP contribution is -2.27. The van der Waals surface area contributed by atoms with Gasteiger partial charge in [0.15, 0.2) is 0 Å². The summed E-state index contributed by atoms with van der Waals surface area (Å²) in [5, 5.41) is 14.5. The van der Waals surface area contributed by atoms with Gasteiger partial charge in [0.25, 0.3) is 11.8 Å². The van der Waals surface area contributed by atoms with Crippen LogP contribution < -0.4 is 10.6 Å². The molecule has 2 aromatic rings. The Hall–Kier alpha value is -2.71. The van der Waals surface area contributed by atoms with Gasteiger partial charge in [-0.2, -0.15) is 0 Å². The number of carboxylic acid groups (broad SMARTS) is 1. The molecule has 0 saturated carbocycles. The fourth-order valence-corrected chi connectivity index (χ4v) is 3.37. The van der Waals surface area contributed by atoms with Crippen molar-refractivity contribution in [2.45, 2.75) is 25.5 Å². The molecule has 26 heavy (non-hydrogen) atoms. The van der Waals surface area contributed by atoms with Gasteiger partial charge < -0.3 is 20.5 Å². The predicted octanol–water partition coefficient (Wildman–Crippen LogP) is 2.49. The predicted molar refractivity (Wildman–Crippen MR) is 96.5 cm³/mol. The summed E-state index contributed by atoms with van der Waals surface area (Å²) in [6.07, 6.45) is 1.21. The Balaban J connectivity index is 1.56. The highest BCUT2D eigenvalue weighted by atomic mass is 32.1. The van der Waals surface area contributed by atoms with Gasteiger partial charge in [-0.3, -0.25) is 9.59 Å². The molecule has 1 fully saturated rings. The van der Waals surface area contributed by atoms with E-state index in [0.717, 1.165) is 29.7 Å². The van der Waals surface area contributed by atoms with Crippen LogP contribution in [0.5, 0.6) is 0 Å². The number of hydrogen-bond acceptors (Lipinski definition) is 5. The summed E-state index contributed by atoms with van der Waals surface area (Å²) in [6.45, 7) is 0.874. The molecule has 3 rings (SSSR count). The van der Waals surface area contributed by atoms with Gasteiger partial charge in [0, 0.05) is 18.8 Å². The minimum Gasteiger partial charge on any atom is -0.477 e. The largest absolute Gasteiger partial charge is 0.477 e. The highest BCUT2D eigenvalue weighted by Crippen LogP contribution is 2.18. The Morgan fingerprint density at radius 3 is 2.69 bits per heavy atom. The number of anilines is 1. The van der Waals surface area contributed by atoms with E-state index in [1.165, 1.54) is 12.1 Å². The van der Waals surface area contributed by atoms with Gasteiger partial charge >= 0.3 is 5.97 Å². The van der Waals surface area contributed by atoms with E-state index in [1.54, 1.807) is 18.2 Å². The van der Waals surface area contributed by atoms with Crippen molar-refractivity contribution in [2.75, 3.05) is 11.9 Å². The molecule has 8 heteroatoms. The monoisotopic (exact) mass is 374 g/mol. The third kappa shape index (κ3) is 4.47. The van der Waals surface area contributed by atoms with Crippen molar-refractivity contribution in [3.63, 3.8) is 0 Å². The van der Waals surface area contributed by atoms with E-state index in [0.29, 0.717) is 17.2 Å². The molecule has 136 valence electrons. The first-order valence-corrected chi connectivity index (χ1v) is 8.97. The number of aromatic carboxylic acids is 1. The SMILES string of the molecule is O=C(O)c1ccc(C(=O)NCc2cccc(NC(=O)C3CCCO3)c2)s1. The summed E-state index contributed by atoms with van der Waals surface area (Å²) in [5.74, 6) is -1.55. The zero-order valence-electron chi connectivity index (χ0n) is 13.9. The van der Waals surface area contributed by atoms with Crippen LogP contribution in [-0.2, 0) is 16.1 Å². The second kappa shape index (κ2) is 8.11. The topological polar surface area (TPSA) is 105 Å². The molecule has 1 aromatic heterocycles. The second-order valence-corrected chi connectivity index (χ2v) is 6.93. The Kier molecular flexibility index (Phi) is 5.65. The van der Waals surface area contributed by atoms with Crippen LogP contribution >= 0.6 is 11.3 Å². The van der Waals surface area contributed by atoms with E-state index in [2.05, 4.69) is 10.6 Å². The quantitative estimate of drug-likeness (QED) is 0.721. The van der Waals surface area contributed by atoms with E-state index in [1.807, 2.05) is 6.07 Å². The van der Waals surface area contributed by atoms with Gasteiger partial charge in [-0.25, -0.2) is 4.79 Å². The van der Waals surface area contributed by atoms with Crippen molar-refractivity contribution >= 4 is 34.8 Å². The van der Waals surface area contributed by atoms with Gasteiger partial charge in [0.2, 0.25) is 0 Å². The standard InChI is InChI=1S/C18H18N2O5S/c21-16(13-5-2-8-25-13)20-12-4-1-3-11(9-12)10-19-17(22)14-6-7-15(26-14)18(23)24/h1,3-4,6-7,9,13H,2,5,8,10H2,(H,19,22)(H,20,21)(H,23,24). The minimum atomic E-state index is -1.05. The van der Waals surface area contributed by atoms with Crippen molar-refractivity contribution in [3.8, 4) is 0 Å². The molecule has 1 aliphatic heterocycles. The van der Waals surface area contributed by atoms with Crippen molar-refractivity contribution in [1.82, 2.24) is 5.32 Å². The molecule has 3 N–H and O–H groups in total. The van der Waals surface area contributed by atoms with Gasteiger partial charge in [-0.1, -0.05) is 12.1 Å². The second-order valence-electron chi connectivity index (χ2n) is 5.84. The van der Waals surface area contributed by atoms with Crippen LogP contribution in [0.15, 0.2) is 36.4 Å². The lowest BCUT2D eigenvalue weighted by Gasteiger charge is -2.11. The maximum absolute atomic E-state index is 12.1. The van der Waals surface area contributed by atoms with Gasteiger partial charge in [-0.15, -0.1) is 11.3 Å². The first-order valence-electron chi connectivity index (χ1n) is 8.15. The molecule has 7 nitrogen and oxygen atoms in total. The number of carboxylic acids is 1. The summed E-state index contributed by atoms with van der Waals surface area (Å²) in [7, 11) is 0. The van der Waals surface area contributed by atoms with E-state index >= 15 is 0 Å². The summed E-state index contributed by atoms with van der Waals surface area (Å²) in [6, 6.07) is 10.1. The number of rotatable bonds is 6. The van der Waals surface area contributed by atoms with Crippen LogP contribution in [0.1, 0.15) is 37.7 Å². The van der Waals surface area contributed by atoms with Crippen LogP contribution in [0.4, 0.5) is 5.69 Å². The first-order chi connectivity index (χ1) is 12.5. The maximum atomic E-state index is 12.1. The van der Waals surface area contributed by atoms with Gasteiger partial charge in [-0.05, 0) is 42.7 Å². The molecule has 0 bridgehead atoms. The lowest BCUT2D eigenvalue weighted by molar-refractivity contribution is -0.124. The average molecular weight is 374 g/mol. The average Bonchev–Trinajstić information content (AvgIpc) is 3.31. The number of thiophene rings is 1. The van der Waals surface area contributed by atoms with Gasteiger partial charge in [0.1, 0.15) is 11.0 Å². The fourth-order valence-electron chi connectivity index (χ4n) is 2.61. The van der Waals surface area contributed by atoms with Crippen molar-refractivity contribution in [2.24, 2.45) is 0 Å². The molecule has 1 atom stereocenters. The van der Waals surface area contributed by atoms with E-state index in [9.17, 15) is 14.4 Å². The number of benzene rings is 1. The van der Waals surface area contributed by atoms with Crippen molar-refractivity contribution < 1.29 is 24.2 Å². The molecular formula is C18H18N2O5S. The summed E-state index contributed by atoms with van der Waals surface area (Å²) in [5.41, 5.74) is 1.46. The number of nitrogens with one attached hydrogen (secondary N) is 2. The van der Waals surface area contributed by atoms with E-state index in [-0.39, 0.29) is 23.2 Å². The van der Waals surface area contributed by atoms with Crippen LogP contribution in [0.2, 0.25) is 0 Å². The highest BCUT2D eigenvalue weighted by Gasteiger charge is 2.23. The molecule has 0 spiro atoms. The highest BCUT2D eigenvalue weighted by molar-refractivity contribution is 7.15. The third-order valence-corrected chi connectivity index (χ3v) is 4.98. The number of ether oxygens (including phenoxy) is 1. The molecule has 1 aromatic carbocycles. The molecule has 1 unspecified atom stereocenters. The van der Waals surface area contributed by atoms with Crippen LogP contribution in [0.3, 0.4) is 0 Å². The number of carbonyl (C=O) groups is 3. The molecule has 0 radical (unpaired) electrons. The zero-order chi connectivity index (χ0) is 18.5. The summed E-state index contributed by atoms with van der Waals surface area (Å²) >= 11 is 0.927. The number of hydrogen-bond donors (Lipinski definition) is 3. The smallest absolute Gasteiger partial charge is 0.345 e. The molecule has 1 saturated heterocycles. The van der Waals surface area contributed by atoms with Crippen LogP contribution in [0.25, 0.3) is 0 Å². The minimum absolute atomic E-state index is 0.119.